The number of β-lactam (4-membered cyclic amide) rings is 1. The molecule has 10 nitrogen and oxygen atoms in total. The molecule has 1 aromatic rings. The van der Waals surface area contributed by atoms with Crippen molar-refractivity contribution in [3.05, 3.63) is 41.8 Å². The monoisotopic (exact) mass is 578 g/mol. The van der Waals surface area contributed by atoms with E-state index in [0.717, 1.165) is 17.7 Å². The second-order valence-corrected chi connectivity index (χ2v) is 11.7. The normalized spacial score (nSPS) is 21.2. The van der Waals surface area contributed by atoms with Gasteiger partial charge in [0.15, 0.2) is 18.1 Å². The van der Waals surface area contributed by atoms with E-state index in [2.05, 4.69) is 5.32 Å². The van der Waals surface area contributed by atoms with Crippen molar-refractivity contribution < 1.29 is 38.1 Å². The largest absolute Gasteiger partial charge is 0.513 e. The molecular weight excluding hydrogens is 559 g/mol. The summed E-state index contributed by atoms with van der Waals surface area (Å²) in [5.41, 5.74) is -0.313. The minimum atomic E-state index is -1.89. The van der Waals surface area contributed by atoms with Gasteiger partial charge >= 0.3 is 12.1 Å². The molecule has 1 aliphatic carbocycles. The molecule has 1 saturated carbocycles. The van der Waals surface area contributed by atoms with E-state index in [4.69, 9.17) is 53.8 Å². The molecule has 2 atom stereocenters. The zero-order valence-corrected chi connectivity index (χ0v) is 21.7. The Labute approximate surface area is 225 Å². The summed E-state index contributed by atoms with van der Waals surface area (Å²) in [6.07, 6.45) is 0.931. The lowest BCUT2D eigenvalue weighted by atomic mass is 10.0. The van der Waals surface area contributed by atoms with Crippen LogP contribution in [-0.4, -0.2) is 69.6 Å². The number of halogens is 3. The number of fused-ring (bicyclic) bond motifs is 1. The van der Waals surface area contributed by atoms with Crippen LogP contribution in [0, 0.1) is 5.92 Å². The van der Waals surface area contributed by atoms with Gasteiger partial charge in [-0.05, 0) is 30.9 Å². The maximum absolute atomic E-state index is 12.9. The zero-order valence-electron chi connectivity index (χ0n) is 18.6. The van der Waals surface area contributed by atoms with E-state index in [1.807, 2.05) is 6.07 Å². The van der Waals surface area contributed by atoms with Crippen LogP contribution in [0.25, 0.3) is 0 Å². The number of benzene rings is 1. The maximum atomic E-state index is 12.9. The second-order valence-electron chi connectivity index (χ2n) is 8.13. The molecule has 0 bridgehead atoms. The number of carbonyl (C=O) groups is 4. The average Bonchev–Trinajstić information content (AvgIpc) is 3.68. The topological polar surface area (TPSA) is 120 Å². The Hall–Kier alpha value is -2.34. The number of hydrogen-bond donors (Lipinski definition) is 1. The minimum Gasteiger partial charge on any atom is -0.484 e. The van der Waals surface area contributed by atoms with Crippen LogP contribution in [0.15, 0.2) is 41.8 Å². The molecule has 2 amide bonds. The van der Waals surface area contributed by atoms with E-state index in [1.165, 1.54) is 11.8 Å². The van der Waals surface area contributed by atoms with E-state index in [9.17, 15) is 19.2 Å². The highest BCUT2D eigenvalue weighted by molar-refractivity contribution is 8.00. The number of esters is 1. The average molecular weight is 580 g/mol. The number of thioether (sulfide) groups is 1. The zero-order chi connectivity index (χ0) is 25.9. The molecule has 2 fully saturated rings. The number of nitrogens with zero attached hydrogens (tertiary/aromatic N) is 1. The van der Waals surface area contributed by atoms with E-state index in [-0.39, 0.29) is 30.4 Å². The molecule has 1 N–H and O–H groups in total. The fourth-order valence-electron chi connectivity index (χ4n) is 3.36. The summed E-state index contributed by atoms with van der Waals surface area (Å²) in [6, 6.07) is 7.78. The van der Waals surface area contributed by atoms with Crippen LogP contribution in [0.4, 0.5) is 4.79 Å². The quantitative estimate of drug-likeness (QED) is 0.267. The minimum absolute atomic E-state index is 0.0259. The van der Waals surface area contributed by atoms with Crippen molar-refractivity contribution in [2.24, 2.45) is 5.92 Å². The highest BCUT2D eigenvalue weighted by Crippen LogP contribution is 2.41. The van der Waals surface area contributed by atoms with E-state index >= 15 is 0 Å². The fourth-order valence-corrected chi connectivity index (χ4v) is 4.77. The molecule has 1 unspecified atom stereocenters. The summed E-state index contributed by atoms with van der Waals surface area (Å²) in [4.78, 5) is 51.4. The van der Waals surface area contributed by atoms with Crippen LogP contribution >= 0.6 is 46.6 Å². The number of rotatable bonds is 9. The number of nitrogens with one attached hydrogen (secondary N) is 1. The van der Waals surface area contributed by atoms with Gasteiger partial charge in [-0.15, -0.1) is 11.8 Å². The van der Waals surface area contributed by atoms with Crippen LogP contribution in [0.3, 0.4) is 0 Å². The van der Waals surface area contributed by atoms with Crippen LogP contribution in [-0.2, 0) is 28.6 Å². The summed E-state index contributed by atoms with van der Waals surface area (Å²) in [5, 5.41) is 1.95. The maximum Gasteiger partial charge on any atom is 0.513 e. The first-order chi connectivity index (χ1) is 17.1. The van der Waals surface area contributed by atoms with Gasteiger partial charge in [-0.3, -0.25) is 14.5 Å². The van der Waals surface area contributed by atoms with Gasteiger partial charge in [0.25, 0.3) is 11.8 Å². The molecule has 0 spiro atoms. The molecule has 2 heterocycles. The standard InChI is InChI=1S/C22H21Cl3N2O8S/c23-22(24,25)11-34-20(30)17-14(35-21(31)33-8-12-6-7-12)10-36-19-16(18(29)27(17)19)26-15(28)9-32-13-4-2-1-3-5-13/h1-5,12,16,19H,6-11H2,(H,26,28)/t16?,19-/m1/s1. The third kappa shape index (κ3) is 6.90. The van der Waals surface area contributed by atoms with Crippen molar-refractivity contribution in [1.82, 2.24) is 10.2 Å². The van der Waals surface area contributed by atoms with Gasteiger partial charge in [0, 0.05) is 0 Å². The predicted molar refractivity (Wildman–Crippen MR) is 130 cm³/mol. The highest BCUT2D eigenvalue weighted by atomic mass is 35.6. The molecular formula is C22H21Cl3N2O8S. The van der Waals surface area contributed by atoms with Crippen LogP contribution in [0.2, 0.25) is 0 Å². The summed E-state index contributed by atoms with van der Waals surface area (Å²) in [6.45, 7) is -0.701. The Morgan fingerprint density at radius 3 is 2.50 bits per heavy atom. The first kappa shape index (κ1) is 26.7. The van der Waals surface area contributed by atoms with Gasteiger partial charge in [0.1, 0.15) is 23.8 Å². The smallest absolute Gasteiger partial charge is 0.484 e. The number of carbonyl (C=O) groups excluding carboxylic acids is 4. The van der Waals surface area contributed by atoms with Crippen LogP contribution in [0.5, 0.6) is 5.75 Å². The highest BCUT2D eigenvalue weighted by Gasteiger charge is 2.55. The van der Waals surface area contributed by atoms with Crippen LogP contribution < -0.4 is 10.1 Å². The summed E-state index contributed by atoms with van der Waals surface area (Å²) in [5.74, 6) is -1.45. The third-order valence-corrected chi connectivity index (χ3v) is 6.84. The van der Waals surface area contributed by atoms with Gasteiger partial charge in [-0.1, -0.05) is 53.0 Å². The van der Waals surface area contributed by atoms with E-state index in [0.29, 0.717) is 11.7 Å². The van der Waals surface area contributed by atoms with Crippen molar-refractivity contribution in [3.8, 4) is 5.75 Å². The molecule has 1 saturated heterocycles. The van der Waals surface area contributed by atoms with Crippen LogP contribution in [0.1, 0.15) is 12.8 Å². The fraction of sp³-hybridized carbons (Fsp3) is 0.455. The molecule has 1 aromatic carbocycles. The van der Waals surface area contributed by atoms with E-state index < -0.39 is 45.8 Å². The van der Waals surface area contributed by atoms with Gasteiger partial charge in [-0.25, -0.2) is 9.59 Å². The lowest BCUT2D eigenvalue weighted by Crippen LogP contribution is -2.71. The molecule has 14 heteroatoms. The first-order valence-electron chi connectivity index (χ1n) is 10.9. The number of amides is 2. The van der Waals surface area contributed by atoms with Gasteiger partial charge in [0.05, 0.1) is 12.4 Å². The Balaban J connectivity index is 1.42. The Morgan fingerprint density at radius 1 is 1.11 bits per heavy atom. The van der Waals surface area contributed by atoms with Gasteiger partial charge in [0.2, 0.25) is 3.79 Å². The molecule has 0 radical (unpaired) electrons. The SMILES string of the molecule is O=C(COc1ccccc1)NC1C(=O)N2C(C(=O)OCC(Cl)(Cl)Cl)=C(OC(=O)OCC3CC3)CS[C@H]12. The molecule has 3 aliphatic rings. The second kappa shape index (κ2) is 11.4. The summed E-state index contributed by atoms with van der Waals surface area (Å²) >= 11 is 18.2. The van der Waals surface area contributed by atoms with Crippen molar-refractivity contribution >= 4 is 70.5 Å². The Morgan fingerprint density at radius 2 is 1.83 bits per heavy atom. The number of ether oxygens (including phenoxy) is 4. The summed E-state index contributed by atoms with van der Waals surface area (Å²) < 4.78 is 18.8. The molecule has 0 aromatic heterocycles. The van der Waals surface area contributed by atoms with Gasteiger partial charge in [-0.2, -0.15) is 0 Å². The van der Waals surface area contributed by atoms with E-state index in [1.54, 1.807) is 24.3 Å². The van der Waals surface area contributed by atoms with Crippen molar-refractivity contribution in [2.75, 3.05) is 25.6 Å². The number of para-hydroxylation sites is 1. The summed E-state index contributed by atoms with van der Waals surface area (Å²) in [7, 11) is 0. The first-order valence-corrected chi connectivity index (χ1v) is 13.0. The van der Waals surface area contributed by atoms with Crippen molar-refractivity contribution in [3.63, 3.8) is 0 Å². The predicted octanol–water partition coefficient (Wildman–Crippen LogP) is 3.15. The molecule has 4 rings (SSSR count). The van der Waals surface area contributed by atoms with Crippen molar-refractivity contribution in [1.29, 1.82) is 0 Å². The lowest BCUT2D eigenvalue weighted by molar-refractivity contribution is -0.153. The lowest BCUT2D eigenvalue weighted by Gasteiger charge is -2.49. The number of alkyl halides is 3. The van der Waals surface area contributed by atoms with Crippen molar-refractivity contribution in [2.45, 2.75) is 28.0 Å². The van der Waals surface area contributed by atoms with Gasteiger partial charge < -0.3 is 24.3 Å². The third-order valence-electron chi connectivity index (χ3n) is 5.26. The Kier molecular flexibility index (Phi) is 8.44. The Bertz CT molecular complexity index is 1060. The molecule has 2 aliphatic heterocycles. The number of hydrogen-bond acceptors (Lipinski definition) is 9. The molecule has 194 valence electrons. The molecule has 36 heavy (non-hydrogen) atoms.